The quantitative estimate of drug-likeness (QED) is 0.824. The Kier molecular flexibility index (Phi) is 4.18. The Morgan fingerprint density at radius 3 is 3.20 bits per heavy atom. The Bertz CT molecular complexity index is 271. The summed E-state index contributed by atoms with van der Waals surface area (Å²) in [5, 5.41) is 5.70. The van der Waals surface area contributed by atoms with E-state index < -0.39 is 0 Å². The third kappa shape index (κ3) is 3.30. The summed E-state index contributed by atoms with van der Waals surface area (Å²) in [6.45, 7) is 8.26. The first kappa shape index (κ1) is 11.1. The summed E-state index contributed by atoms with van der Waals surface area (Å²) in [6, 6.07) is 4.32. The van der Waals surface area contributed by atoms with Crippen molar-refractivity contribution in [2.24, 2.45) is 5.92 Å². The van der Waals surface area contributed by atoms with E-state index in [4.69, 9.17) is 0 Å². The molecule has 2 heterocycles. The molecule has 1 N–H and O–H groups in total. The maximum Gasteiger partial charge on any atom is 0.0299 e. The standard InChI is InChI=1S/C12H20N2S/c1-2-14-6-5-11(10-14)8-13-9-12-4-3-7-15-12/h3-4,7,11,13H,2,5-6,8-10H2,1H3/t11-/m0/s1. The molecular formula is C12H20N2S. The lowest BCUT2D eigenvalue weighted by atomic mass is 10.1. The summed E-state index contributed by atoms with van der Waals surface area (Å²) in [7, 11) is 0. The van der Waals surface area contributed by atoms with Crippen molar-refractivity contribution >= 4 is 11.3 Å². The van der Waals surface area contributed by atoms with Crippen molar-refractivity contribution in [3.05, 3.63) is 22.4 Å². The first-order valence-corrected chi connectivity index (χ1v) is 6.72. The van der Waals surface area contributed by atoms with Crippen LogP contribution < -0.4 is 5.32 Å². The number of nitrogens with one attached hydrogen (secondary N) is 1. The van der Waals surface area contributed by atoms with Gasteiger partial charge >= 0.3 is 0 Å². The van der Waals surface area contributed by atoms with Gasteiger partial charge in [0.1, 0.15) is 0 Å². The molecule has 1 aromatic heterocycles. The van der Waals surface area contributed by atoms with E-state index in [0.29, 0.717) is 0 Å². The third-order valence-electron chi connectivity index (χ3n) is 3.13. The molecule has 2 nitrogen and oxygen atoms in total. The van der Waals surface area contributed by atoms with E-state index in [1.165, 1.54) is 37.5 Å². The fourth-order valence-corrected chi connectivity index (χ4v) is 2.85. The fourth-order valence-electron chi connectivity index (χ4n) is 2.18. The van der Waals surface area contributed by atoms with Gasteiger partial charge in [0.05, 0.1) is 0 Å². The Morgan fingerprint density at radius 1 is 1.60 bits per heavy atom. The molecule has 1 aromatic rings. The van der Waals surface area contributed by atoms with Crippen molar-refractivity contribution in [2.75, 3.05) is 26.2 Å². The number of hydrogen-bond donors (Lipinski definition) is 1. The molecule has 84 valence electrons. The number of thiophene rings is 1. The highest BCUT2D eigenvalue weighted by Gasteiger charge is 2.20. The lowest BCUT2D eigenvalue weighted by Gasteiger charge is -2.13. The highest BCUT2D eigenvalue weighted by atomic mass is 32.1. The normalized spacial score (nSPS) is 22.3. The maximum atomic E-state index is 3.56. The Hall–Kier alpha value is -0.380. The van der Waals surface area contributed by atoms with Gasteiger partial charge in [-0.3, -0.25) is 0 Å². The Morgan fingerprint density at radius 2 is 2.53 bits per heavy atom. The van der Waals surface area contributed by atoms with Gasteiger partial charge in [-0.1, -0.05) is 13.0 Å². The van der Waals surface area contributed by atoms with Gasteiger partial charge in [0.15, 0.2) is 0 Å². The molecule has 1 aliphatic rings. The summed E-state index contributed by atoms with van der Waals surface area (Å²) >= 11 is 1.84. The van der Waals surface area contributed by atoms with E-state index in [1.807, 2.05) is 11.3 Å². The lowest BCUT2D eigenvalue weighted by molar-refractivity contribution is 0.339. The van der Waals surface area contributed by atoms with E-state index in [-0.39, 0.29) is 0 Å². The molecule has 0 aromatic carbocycles. The second kappa shape index (κ2) is 5.64. The molecule has 0 spiro atoms. The zero-order valence-electron chi connectivity index (χ0n) is 9.41. The van der Waals surface area contributed by atoms with Crippen LogP contribution in [-0.4, -0.2) is 31.1 Å². The topological polar surface area (TPSA) is 15.3 Å². The molecule has 0 unspecified atom stereocenters. The SMILES string of the molecule is CCN1CC[C@@H](CNCc2cccs2)C1. The second-order valence-electron chi connectivity index (χ2n) is 4.26. The highest BCUT2D eigenvalue weighted by molar-refractivity contribution is 7.09. The minimum absolute atomic E-state index is 0.866. The number of rotatable bonds is 5. The smallest absolute Gasteiger partial charge is 0.0299 e. The van der Waals surface area contributed by atoms with Crippen molar-refractivity contribution < 1.29 is 0 Å². The van der Waals surface area contributed by atoms with Gasteiger partial charge in [0.2, 0.25) is 0 Å². The third-order valence-corrected chi connectivity index (χ3v) is 4.01. The van der Waals surface area contributed by atoms with Gasteiger partial charge in [-0.25, -0.2) is 0 Å². The van der Waals surface area contributed by atoms with Gasteiger partial charge in [-0.15, -0.1) is 11.3 Å². The molecule has 3 heteroatoms. The molecule has 2 rings (SSSR count). The molecule has 0 aliphatic carbocycles. The van der Waals surface area contributed by atoms with Crippen LogP contribution in [-0.2, 0) is 6.54 Å². The van der Waals surface area contributed by atoms with Crippen LogP contribution in [0, 0.1) is 5.92 Å². The summed E-state index contributed by atoms with van der Waals surface area (Å²) in [6.07, 6.45) is 1.37. The monoisotopic (exact) mass is 224 g/mol. The van der Waals surface area contributed by atoms with Gasteiger partial charge in [0.25, 0.3) is 0 Å². The highest BCUT2D eigenvalue weighted by Crippen LogP contribution is 2.15. The summed E-state index contributed by atoms with van der Waals surface area (Å²) in [4.78, 5) is 3.98. The molecular weight excluding hydrogens is 204 g/mol. The fraction of sp³-hybridized carbons (Fsp3) is 0.667. The second-order valence-corrected chi connectivity index (χ2v) is 5.29. The van der Waals surface area contributed by atoms with Crippen LogP contribution in [0.4, 0.5) is 0 Å². The average molecular weight is 224 g/mol. The minimum Gasteiger partial charge on any atom is -0.312 e. The Balaban J connectivity index is 1.63. The van der Waals surface area contributed by atoms with E-state index in [0.717, 1.165) is 12.5 Å². The molecule has 0 saturated carbocycles. The van der Waals surface area contributed by atoms with Crippen LogP contribution >= 0.6 is 11.3 Å². The van der Waals surface area contributed by atoms with Gasteiger partial charge in [0, 0.05) is 18.0 Å². The molecule has 15 heavy (non-hydrogen) atoms. The predicted octanol–water partition coefficient (Wildman–Crippen LogP) is 2.18. The largest absolute Gasteiger partial charge is 0.312 e. The van der Waals surface area contributed by atoms with Crippen molar-refractivity contribution in [1.82, 2.24) is 10.2 Å². The van der Waals surface area contributed by atoms with Crippen molar-refractivity contribution in [3.8, 4) is 0 Å². The summed E-state index contributed by atoms with van der Waals surface area (Å²) in [5.74, 6) is 0.866. The number of likely N-dealkylation sites (tertiary alicyclic amines) is 1. The van der Waals surface area contributed by atoms with Crippen molar-refractivity contribution in [1.29, 1.82) is 0 Å². The first-order chi connectivity index (χ1) is 7.38. The molecule has 1 fully saturated rings. The van der Waals surface area contributed by atoms with Gasteiger partial charge < -0.3 is 10.2 Å². The van der Waals surface area contributed by atoms with Gasteiger partial charge in [-0.2, -0.15) is 0 Å². The van der Waals surface area contributed by atoms with E-state index in [1.54, 1.807) is 0 Å². The maximum absolute atomic E-state index is 3.56. The summed E-state index contributed by atoms with van der Waals surface area (Å²) < 4.78 is 0. The minimum atomic E-state index is 0.866. The molecule has 0 radical (unpaired) electrons. The molecule has 1 atom stereocenters. The van der Waals surface area contributed by atoms with Crippen LogP contribution in [0.15, 0.2) is 17.5 Å². The number of hydrogen-bond acceptors (Lipinski definition) is 3. The zero-order chi connectivity index (χ0) is 10.5. The summed E-state index contributed by atoms with van der Waals surface area (Å²) in [5.41, 5.74) is 0. The van der Waals surface area contributed by atoms with Crippen molar-refractivity contribution in [2.45, 2.75) is 19.9 Å². The van der Waals surface area contributed by atoms with Crippen molar-refractivity contribution in [3.63, 3.8) is 0 Å². The van der Waals surface area contributed by atoms with E-state index in [9.17, 15) is 0 Å². The van der Waals surface area contributed by atoms with Crippen LogP contribution in [0.5, 0.6) is 0 Å². The number of nitrogens with zero attached hydrogens (tertiary/aromatic N) is 1. The average Bonchev–Trinajstić information content (AvgIpc) is 2.88. The van der Waals surface area contributed by atoms with Crippen LogP contribution in [0.1, 0.15) is 18.2 Å². The predicted molar refractivity (Wildman–Crippen MR) is 66.2 cm³/mol. The molecule has 0 amide bonds. The van der Waals surface area contributed by atoms with Gasteiger partial charge in [-0.05, 0) is 43.4 Å². The van der Waals surface area contributed by atoms with E-state index >= 15 is 0 Å². The Labute approximate surface area is 96.3 Å². The van der Waals surface area contributed by atoms with Crippen LogP contribution in [0.3, 0.4) is 0 Å². The molecule has 1 aliphatic heterocycles. The van der Waals surface area contributed by atoms with E-state index in [2.05, 4.69) is 34.7 Å². The zero-order valence-corrected chi connectivity index (χ0v) is 10.2. The van der Waals surface area contributed by atoms with Crippen LogP contribution in [0.2, 0.25) is 0 Å². The first-order valence-electron chi connectivity index (χ1n) is 5.84. The molecule has 1 saturated heterocycles. The lowest BCUT2D eigenvalue weighted by Crippen LogP contribution is -2.25. The molecule has 0 bridgehead atoms. The van der Waals surface area contributed by atoms with Crippen LogP contribution in [0.25, 0.3) is 0 Å².